The minimum atomic E-state index is -0.326. The number of fused-ring (bicyclic) bond motifs is 2. The Morgan fingerprint density at radius 1 is 1.09 bits per heavy atom. The molecule has 0 aliphatic carbocycles. The van der Waals surface area contributed by atoms with Crippen LogP contribution in [-0.4, -0.2) is 55.1 Å². The third-order valence-corrected chi connectivity index (χ3v) is 6.08. The van der Waals surface area contributed by atoms with Crippen LogP contribution < -0.4 is 15.0 Å². The number of hydrogen-bond donors (Lipinski definition) is 1. The number of benzene rings is 2. The normalized spacial score (nSPS) is 16.6. The highest BCUT2D eigenvalue weighted by Crippen LogP contribution is 2.31. The Hall–Kier alpha value is -3.26. The van der Waals surface area contributed by atoms with Crippen molar-refractivity contribution in [2.45, 2.75) is 13.3 Å². The molecule has 2 aliphatic heterocycles. The van der Waals surface area contributed by atoms with Crippen molar-refractivity contribution in [1.82, 2.24) is 9.88 Å². The molecule has 2 aliphatic rings. The third kappa shape index (κ3) is 4.10. The van der Waals surface area contributed by atoms with Crippen LogP contribution in [0.4, 0.5) is 20.2 Å². The number of hydrogen-bond acceptors (Lipinski definition) is 5. The van der Waals surface area contributed by atoms with Gasteiger partial charge in [-0.2, -0.15) is 0 Å². The lowest BCUT2D eigenvalue weighted by Gasteiger charge is -2.36. The molecule has 8 heteroatoms. The van der Waals surface area contributed by atoms with Crippen molar-refractivity contribution in [3.05, 3.63) is 59.3 Å². The number of ether oxygens (including phenoxy) is 1. The number of anilines is 2. The van der Waals surface area contributed by atoms with Gasteiger partial charge in [-0.25, -0.2) is 8.78 Å². The first-order valence-corrected chi connectivity index (χ1v) is 10.8. The number of amides is 1. The number of piperazine rings is 1. The van der Waals surface area contributed by atoms with Crippen molar-refractivity contribution in [1.29, 1.82) is 0 Å². The summed E-state index contributed by atoms with van der Waals surface area (Å²) in [6, 6.07) is 10.00. The van der Waals surface area contributed by atoms with E-state index in [9.17, 15) is 13.6 Å². The Labute approximate surface area is 184 Å². The van der Waals surface area contributed by atoms with Gasteiger partial charge in [0.15, 0.2) is 6.61 Å². The fourth-order valence-corrected chi connectivity index (χ4v) is 4.37. The molecule has 1 amide bonds. The van der Waals surface area contributed by atoms with Crippen LogP contribution in [0.3, 0.4) is 0 Å². The van der Waals surface area contributed by atoms with Crippen molar-refractivity contribution < 1.29 is 18.3 Å². The van der Waals surface area contributed by atoms with E-state index in [1.165, 1.54) is 12.1 Å². The molecule has 1 aromatic heterocycles. The lowest BCUT2D eigenvalue weighted by molar-refractivity contribution is -0.118. The smallest absolute Gasteiger partial charge is 0.262 e. The van der Waals surface area contributed by atoms with Gasteiger partial charge in [-0.3, -0.25) is 14.7 Å². The predicted octanol–water partition coefficient (Wildman–Crippen LogP) is 3.52. The Bertz CT molecular complexity index is 1190. The van der Waals surface area contributed by atoms with E-state index >= 15 is 0 Å². The molecular weight excluding hydrogens is 414 g/mol. The second kappa shape index (κ2) is 8.35. The molecule has 5 rings (SSSR count). The van der Waals surface area contributed by atoms with Crippen molar-refractivity contribution in [3.8, 4) is 5.75 Å². The van der Waals surface area contributed by atoms with E-state index in [0.29, 0.717) is 35.5 Å². The van der Waals surface area contributed by atoms with Crippen molar-refractivity contribution >= 4 is 28.2 Å². The number of aromatic nitrogens is 1. The van der Waals surface area contributed by atoms with E-state index in [1.54, 1.807) is 12.1 Å². The number of nitrogens with one attached hydrogen (secondary N) is 1. The predicted molar refractivity (Wildman–Crippen MR) is 119 cm³/mol. The zero-order valence-electron chi connectivity index (χ0n) is 17.8. The summed E-state index contributed by atoms with van der Waals surface area (Å²) in [5, 5.41) is 3.68. The van der Waals surface area contributed by atoms with Gasteiger partial charge in [0.1, 0.15) is 17.4 Å². The summed E-state index contributed by atoms with van der Waals surface area (Å²) in [6.07, 6.45) is 0.529. The minimum absolute atomic E-state index is 0.0909. The van der Waals surface area contributed by atoms with Gasteiger partial charge in [-0.15, -0.1) is 0 Å². The van der Waals surface area contributed by atoms with E-state index in [2.05, 4.69) is 20.1 Å². The summed E-state index contributed by atoms with van der Waals surface area (Å²) in [5.74, 6) is -0.479. The number of nitrogens with zero attached hydrogens (tertiary/aromatic N) is 3. The maximum Gasteiger partial charge on any atom is 0.262 e. The number of halogens is 2. The van der Waals surface area contributed by atoms with Gasteiger partial charge in [0.2, 0.25) is 0 Å². The zero-order valence-corrected chi connectivity index (χ0v) is 17.8. The van der Waals surface area contributed by atoms with Crippen LogP contribution >= 0.6 is 0 Å². The molecule has 0 unspecified atom stereocenters. The molecule has 1 saturated heterocycles. The molecule has 6 nitrogen and oxygen atoms in total. The first-order chi connectivity index (χ1) is 15.5. The fourth-order valence-electron chi connectivity index (χ4n) is 4.37. The molecule has 0 radical (unpaired) electrons. The second-order valence-corrected chi connectivity index (χ2v) is 8.30. The molecule has 1 fully saturated rings. The monoisotopic (exact) mass is 438 g/mol. The lowest BCUT2D eigenvalue weighted by Crippen LogP contribution is -2.47. The molecule has 2 aromatic carbocycles. The van der Waals surface area contributed by atoms with Gasteiger partial charge in [0.05, 0.1) is 11.2 Å². The van der Waals surface area contributed by atoms with E-state index in [0.717, 1.165) is 42.9 Å². The van der Waals surface area contributed by atoms with Crippen LogP contribution in [0.1, 0.15) is 11.3 Å². The molecule has 0 bridgehead atoms. The molecular formula is C24H24F2N4O2. The first kappa shape index (κ1) is 20.6. The number of aryl methyl sites for hydroxylation is 1. The van der Waals surface area contributed by atoms with Crippen molar-refractivity contribution in [2.24, 2.45) is 0 Å². The van der Waals surface area contributed by atoms with E-state index in [-0.39, 0.29) is 24.1 Å². The minimum Gasteiger partial charge on any atom is -0.481 e. The van der Waals surface area contributed by atoms with Crippen LogP contribution in [0.5, 0.6) is 5.75 Å². The Kier molecular flexibility index (Phi) is 5.38. The fraction of sp³-hybridized carbons (Fsp3) is 0.333. The van der Waals surface area contributed by atoms with Crippen LogP contribution in [0.15, 0.2) is 36.4 Å². The van der Waals surface area contributed by atoms with E-state index in [4.69, 9.17) is 4.74 Å². The SMILES string of the molecule is Cc1ccc2c(N3CCN(CCc4cc5c(cc4F)OCC(=O)N5)CC3)cc(F)cc2n1. The second-order valence-electron chi connectivity index (χ2n) is 8.30. The highest BCUT2D eigenvalue weighted by molar-refractivity contribution is 5.95. The Balaban J connectivity index is 1.24. The third-order valence-electron chi connectivity index (χ3n) is 6.08. The summed E-state index contributed by atoms with van der Waals surface area (Å²) >= 11 is 0. The Morgan fingerprint density at radius 3 is 2.72 bits per heavy atom. The van der Waals surface area contributed by atoms with Gasteiger partial charge < -0.3 is 15.0 Å². The van der Waals surface area contributed by atoms with Crippen LogP contribution in [0, 0.1) is 18.6 Å². The number of carbonyl (C=O) groups is 1. The van der Waals surface area contributed by atoms with E-state index in [1.807, 2.05) is 19.1 Å². The van der Waals surface area contributed by atoms with Gasteiger partial charge in [0, 0.05) is 61.6 Å². The number of rotatable bonds is 4. The number of carbonyl (C=O) groups excluding carboxylic acids is 1. The molecule has 1 N–H and O–H groups in total. The maximum atomic E-state index is 14.5. The zero-order chi connectivity index (χ0) is 22.2. The van der Waals surface area contributed by atoms with Gasteiger partial charge in [-0.05, 0) is 43.2 Å². The standard InChI is InChI=1S/C24H24F2N4O2/c1-15-2-3-18-20(27-15)11-17(25)12-22(18)30-8-6-29(7-9-30)5-4-16-10-21-23(13-19(16)26)32-14-24(31)28-21/h2-3,10-13H,4-9,14H2,1H3,(H,28,31). The van der Waals surface area contributed by atoms with Crippen LogP contribution in [0.2, 0.25) is 0 Å². The molecule has 166 valence electrons. The maximum absolute atomic E-state index is 14.5. The largest absolute Gasteiger partial charge is 0.481 e. The Morgan fingerprint density at radius 2 is 1.91 bits per heavy atom. The summed E-state index contributed by atoms with van der Waals surface area (Å²) in [6.45, 7) is 5.60. The molecule has 3 aromatic rings. The highest BCUT2D eigenvalue weighted by Gasteiger charge is 2.22. The first-order valence-electron chi connectivity index (χ1n) is 10.8. The van der Waals surface area contributed by atoms with Crippen LogP contribution in [0.25, 0.3) is 10.9 Å². The van der Waals surface area contributed by atoms with Gasteiger partial charge in [-0.1, -0.05) is 0 Å². The van der Waals surface area contributed by atoms with Gasteiger partial charge in [0.25, 0.3) is 5.91 Å². The van der Waals surface area contributed by atoms with Crippen LogP contribution in [-0.2, 0) is 11.2 Å². The molecule has 0 spiro atoms. The van der Waals surface area contributed by atoms with Crippen molar-refractivity contribution in [2.75, 3.05) is 49.5 Å². The average molecular weight is 438 g/mol. The van der Waals surface area contributed by atoms with E-state index < -0.39 is 0 Å². The quantitative estimate of drug-likeness (QED) is 0.676. The summed E-state index contributed by atoms with van der Waals surface area (Å²) in [5.41, 5.74) is 3.46. The van der Waals surface area contributed by atoms with Crippen molar-refractivity contribution in [3.63, 3.8) is 0 Å². The average Bonchev–Trinajstić information content (AvgIpc) is 2.77. The molecule has 0 saturated carbocycles. The van der Waals surface area contributed by atoms with Gasteiger partial charge >= 0.3 is 0 Å². The highest BCUT2D eigenvalue weighted by atomic mass is 19.1. The topological polar surface area (TPSA) is 57.7 Å². The molecule has 3 heterocycles. The summed E-state index contributed by atoms with van der Waals surface area (Å²) in [7, 11) is 0. The summed E-state index contributed by atoms with van der Waals surface area (Å²) in [4.78, 5) is 20.4. The molecule has 32 heavy (non-hydrogen) atoms. The number of pyridine rings is 1. The lowest BCUT2D eigenvalue weighted by atomic mass is 10.1. The summed E-state index contributed by atoms with van der Waals surface area (Å²) < 4.78 is 33.9. The molecule has 0 atom stereocenters.